The van der Waals surface area contributed by atoms with Crippen molar-refractivity contribution >= 4 is 75.1 Å². The Hall–Kier alpha value is -8.18. The summed E-state index contributed by atoms with van der Waals surface area (Å²) in [5, 5.41) is 7.76. The second-order valence-electron chi connectivity index (χ2n) is 22.4. The van der Waals surface area contributed by atoms with Crippen LogP contribution in [0.25, 0.3) is 120 Å². The smallest absolute Gasteiger partial charge is 0.0541 e. The number of nitrogens with zero attached hydrogens (tertiary/aromatic N) is 3. The Morgan fingerprint density at radius 1 is 0.359 bits per heavy atom. The molecule has 1 radical (unpaired) electrons. The molecule has 3 nitrogen and oxygen atoms in total. The van der Waals surface area contributed by atoms with Crippen molar-refractivity contribution in [3.8, 4) is 56.0 Å². The van der Waals surface area contributed by atoms with E-state index in [1.54, 1.807) is 0 Å². The number of para-hydroxylation sites is 4. The SMILES string of the molecule is CC(C)(C)c1ccc(-c2cc(-c3ccc(C(C)(C)C)cc3)cc(-c3cc[c-]c(-c4ccccn4)c3)c2)cc1.[Ir].c1ccc2c(c1)c1ccccc1n2-c1ccc2sc3ccc(-n4c5ccccc5c5ccccc54)cc3c2c1. The zero-order valence-corrected chi connectivity index (χ0v) is 47.9. The second-order valence-corrected chi connectivity index (χ2v) is 23.4. The first kappa shape index (κ1) is 50.6. The average molecular weight is 1200 g/mol. The van der Waals surface area contributed by atoms with E-state index in [2.05, 4.69) is 274 Å². The van der Waals surface area contributed by atoms with Crippen molar-refractivity contribution in [3.63, 3.8) is 0 Å². The van der Waals surface area contributed by atoms with Crippen LogP contribution in [0.15, 0.2) is 243 Å². The molecule has 0 aliphatic carbocycles. The maximum absolute atomic E-state index is 4.54. The number of thiophene rings is 1. The molecule has 14 aromatic rings. The van der Waals surface area contributed by atoms with E-state index < -0.39 is 0 Å². The Kier molecular flexibility index (Phi) is 13.2. The fourth-order valence-electron chi connectivity index (χ4n) is 11.2. The normalized spacial score (nSPS) is 11.9. The predicted octanol–water partition coefficient (Wildman–Crippen LogP) is 20.4. The first-order valence-electron chi connectivity index (χ1n) is 26.7. The molecule has 0 saturated carbocycles. The zero-order valence-electron chi connectivity index (χ0n) is 44.7. The van der Waals surface area contributed by atoms with Crippen LogP contribution in [0.2, 0.25) is 0 Å². The van der Waals surface area contributed by atoms with E-state index in [9.17, 15) is 0 Å². The van der Waals surface area contributed by atoms with Gasteiger partial charge in [-0.05, 0) is 140 Å². The van der Waals surface area contributed by atoms with Crippen LogP contribution in [-0.4, -0.2) is 14.1 Å². The Labute approximate surface area is 474 Å². The first-order valence-corrected chi connectivity index (χ1v) is 27.5. The van der Waals surface area contributed by atoms with Crippen LogP contribution in [0.4, 0.5) is 0 Å². The number of pyridine rings is 1. The van der Waals surface area contributed by atoms with Crippen LogP contribution < -0.4 is 0 Å². The molecule has 0 aliphatic heterocycles. The maximum Gasteiger partial charge on any atom is 0.0541 e. The molecule has 0 aliphatic rings. The summed E-state index contributed by atoms with van der Waals surface area (Å²) in [6, 6.07) is 89.4. The minimum Gasteiger partial charge on any atom is -0.309 e. The van der Waals surface area contributed by atoms with Crippen molar-refractivity contribution < 1.29 is 20.1 Å². The summed E-state index contributed by atoms with van der Waals surface area (Å²) in [6.45, 7) is 13.5. The van der Waals surface area contributed by atoms with Crippen LogP contribution >= 0.6 is 11.3 Å². The van der Waals surface area contributed by atoms with Gasteiger partial charge >= 0.3 is 0 Å². The Bertz CT molecular complexity index is 4160. The van der Waals surface area contributed by atoms with Gasteiger partial charge in [0.25, 0.3) is 0 Å². The van der Waals surface area contributed by atoms with Crippen LogP contribution in [0.5, 0.6) is 0 Å². The van der Waals surface area contributed by atoms with Gasteiger partial charge in [-0.1, -0.05) is 175 Å². The molecule has 381 valence electrons. The van der Waals surface area contributed by atoms with Gasteiger partial charge in [0.05, 0.1) is 22.1 Å². The van der Waals surface area contributed by atoms with Gasteiger partial charge in [0.15, 0.2) is 0 Å². The monoisotopic (exact) mass is 1200 g/mol. The van der Waals surface area contributed by atoms with Crippen LogP contribution in [0.1, 0.15) is 52.7 Å². The van der Waals surface area contributed by atoms with E-state index >= 15 is 0 Å². The van der Waals surface area contributed by atoms with E-state index in [-0.39, 0.29) is 30.9 Å². The predicted molar refractivity (Wildman–Crippen MR) is 330 cm³/mol. The van der Waals surface area contributed by atoms with Crippen molar-refractivity contribution in [1.82, 2.24) is 14.1 Å². The summed E-state index contributed by atoms with van der Waals surface area (Å²) in [7, 11) is 0. The summed E-state index contributed by atoms with van der Waals surface area (Å²) in [4.78, 5) is 4.54. The van der Waals surface area contributed by atoms with Crippen molar-refractivity contribution in [2.75, 3.05) is 0 Å². The second kappa shape index (κ2) is 20.3. The molecular weight excluding hydrogens is 1140 g/mol. The summed E-state index contributed by atoms with van der Waals surface area (Å²) in [5.74, 6) is 0. The number of benzene rings is 10. The molecule has 0 fully saturated rings. The van der Waals surface area contributed by atoms with Crippen molar-refractivity contribution in [2.45, 2.75) is 52.4 Å². The van der Waals surface area contributed by atoms with Crippen LogP contribution in [0.3, 0.4) is 0 Å². The zero-order chi connectivity index (χ0) is 52.4. The topological polar surface area (TPSA) is 22.8 Å². The molecular formula is C73H58IrN3S-. The molecule has 78 heavy (non-hydrogen) atoms. The molecule has 0 N–H and O–H groups in total. The summed E-state index contributed by atoms with van der Waals surface area (Å²) in [5.41, 5.74) is 19.4. The van der Waals surface area contributed by atoms with Crippen molar-refractivity contribution in [1.29, 1.82) is 0 Å². The molecule has 0 amide bonds. The number of fused-ring (bicyclic) bond motifs is 9. The Morgan fingerprint density at radius 3 is 1.15 bits per heavy atom. The van der Waals surface area contributed by atoms with E-state index in [1.165, 1.54) is 114 Å². The third-order valence-electron chi connectivity index (χ3n) is 15.3. The largest absolute Gasteiger partial charge is 0.309 e. The Balaban J connectivity index is 0.000000154. The number of hydrogen-bond acceptors (Lipinski definition) is 2. The van der Waals surface area contributed by atoms with Gasteiger partial charge in [-0.25, -0.2) is 0 Å². The van der Waals surface area contributed by atoms with Crippen LogP contribution in [0, 0.1) is 6.07 Å². The quantitative estimate of drug-likeness (QED) is 0.152. The molecule has 0 bridgehead atoms. The first-order chi connectivity index (χ1) is 37.4. The summed E-state index contributed by atoms with van der Waals surface area (Å²) >= 11 is 1.87. The summed E-state index contributed by atoms with van der Waals surface area (Å²) in [6.07, 6.45) is 1.83. The van der Waals surface area contributed by atoms with Gasteiger partial charge in [0.2, 0.25) is 0 Å². The van der Waals surface area contributed by atoms with Crippen molar-refractivity contribution in [3.05, 3.63) is 260 Å². The molecule has 14 rings (SSSR count). The van der Waals surface area contributed by atoms with Crippen LogP contribution in [-0.2, 0) is 30.9 Å². The molecule has 5 heteroatoms. The molecule has 0 spiro atoms. The van der Waals surface area contributed by atoms with Gasteiger partial charge in [0.1, 0.15) is 0 Å². The minimum atomic E-state index is 0. The van der Waals surface area contributed by atoms with Gasteiger partial charge in [0, 0.05) is 79.4 Å². The number of aromatic nitrogens is 3. The average Bonchev–Trinajstić information content (AvgIpc) is 4.19. The standard InChI is InChI=1S/C37H36N.C36H22N2S.Ir/c1-36(2,3)33-17-13-26(14-18-33)30-23-31(27-15-19-34(20-16-27)37(4,5)6)25-32(24-30)28-10-9-11-29(22-28)35-12-7-8-21-38-35;1-5-13-31-25(9-1)26-10-2-6-14-32(26)37(31)23-17-19-35-29(21-23)30-22-24(18-20-36(30)39-35)38-33-15-7-3-11-27(33)28-12-4-8-16-34(28)38;/h7-10,12-25H,1-6H3;1-22H;/q-1;;. The van der Waals surface area contributed by atoms with E-state index in [0.717, 1.165) is 16.8 Å². The van der Waals surface area contributed by atoms with Gasteiger partial charge in [-0.2, -0.15) is 0 Å². The van der Waals surface area contributed by atoms with E-state index in [4.69, 9.17) is 0 Å². The third kappa shape index (κ3) is 9.36. The van der Waals surface area contributed by atoms with Gasteiger partial charge < -0.3 is 14.1 Å². The maximum atomic E-state index is 4.54. The molecule has 0 saturated heterocycles. The molecule has 0 unspecified atom stereocenters. The van der Waals surface area contributed by atoms with Crippen molar-refractivity contribution in [2.24, 2.45) is 0 Å². The molecule has 0 atom stereocenters. The molecule has 10 aromatic carbocycles. The third-order valence-corrected chi connectivity index (χ3v) is 16.4. The van der Waals surface area contributed by atoms with Gasteiger partial charge in [-0.15, -0.1) is 46.7 Å². The van der Waals surface area contributed by atoms with E-state index in [1.807, 2.05) is 41.8 Å². The van der Waals surface area contributed by atoms with E-state index in [0.29, 0.717) is 0 Å². The Morgan fingerprint density at radius 2 is 0.756 bits per heavy atom. The number of rotatable bonds is 6. The van der Waals surface area contributed by atoms with Gasteiger partial charge in [-0.3, -0.25) is 0 Å². The fraction of sp³-hybridized carbons (Fsp3) is 0.110. The number of hydrogen-bond donors (Lipinski definition) is 0. The molecule has 4 aromatic heterocycles. The minimum absolute atomic E-state index is 0. The fourth-order valence-corrected chi connectivity index (χ4v) is 12.3. The molecule has 4 heterocycles. The summed E-state index contributed by atoms with van der Waals surface area (Å²) < 4.78 is 7.44.